The molecule has 0 aromatic heterocycles. The van der Waals surface area contributed by atoms with E-state index in [2.05, 4.69) is 20.8 Å². The highest BCUT2D eigenvalue weighted by molar-refractivity contribution is 5.30. The van der Waals surface area contributed by atoms with E-state index in [1.165, 1.54) is 6.42 Å². The lowest BCUT2D eigenvalue weighted by atomic mass is 9.77. The average Bonchev–Trinajstić information content (AvgIpc) is 2.48. The molecule has 2 nitrogen and oxygen atoms in total. The summed E-state index contributed by atoms with van der Waals surface area (Å²) in [5.74, 6) is 5.62. The Morgan fingerprint density at radius 1 is 0.889 bits per heavy atom. The van der Waals surface area contributed by atoms with Gasteiger partial charge in [-0.15, -0.1) is 0 Å². The highest BCUT2D eigenvalue weighted by Gasteiger charge is 2.83. The van der Waals surface area contributed by atoms with Crippen molar-refractivity contribution in [1.82, 2.24) is 0 Å². The molecule has 0 aromatic rings. The summed E-state index contributed by atoms with van der Waals surface area (Å²) in [4.78, 5) is 0. The predicted octanol–water partition coefficient (Wildman–Crippen LogP) is 2.70. The van der Waals surface area contributed by atoms with Crippen molar-refractivity contribution < 1.29 is 9.84 Å². The molecule has 18 heavy (non-hydrogen) atoms. The normalized spacial score (nSPS) is 56.3. The van der Waals surface area contributed by atoms with Crippen molar-refractivity contribution in [3.63, 3.8) is 0 Å². The van der Waals surface area contributed by atoms with E-state index in [1.54, 1.807) is 0 Å². The van der Waals surface area contributed by atoms with Gasteiger partial charge in [0.2, 0.25) is 0 Å². The van der Waals surface area contributed by atoms with Crippen LogP contribution in [0.4, 0.5) is 0 Å². The SMILES string of the molecule is CC(C)(C)O[C@@H]1[C@@H]2[C@H]3[C@H]4CC(C(C)(C)O)[C@@H]([C@H]32)[C@H]41. The fraction of sp³-hybridized carbons (Fsp3) is 1.00. The van der Waals surface area contributed by atoms with Gasteiger partial charge in [-0.2, -0.15) is 0 Å². The summed E-state index contributed by atoms with van der Waals surface area (Å²) < 4.78 is 6.37. The Bertz CT molecular complexity index is 385. The van der Waals surface area contributed by atoms with Gasteiger partial charge in [-0.25, -0.2) is 0 Å². The van der Waals surface area contributed by atoms with Crippen LogP contribution in [0.15, 0.2) is 0 Å². The Morgan fingerprint density at radius 2 is 1.56 bits per heavy atom. The quantitative estimate of drug-likeness (QED) is 0.816. The lowest BCUT2D eigenvalue weighted by Crippen LogP contribution is -2.36. The molecular weight excluding hydrogens is 224 g/mol. The monoisotopic (exact) mass is 250 g/mol. The fourth-order valence-electron chi connectivity index (χ4n) is 6.05. The minimum atomic E-state index is -0.494. The van der Waals surface area contributed by atoms with Gasteiger partial charge in [-0.3, -0.25) is 0 Å². The molecule has 8 atom stereocenters. The van der Waals surface area contributed by atoms with Crippen molar-refractivity contribution in [3.8, 4) is 0 Å². The maximum atomic E-state index is 10.4. The standard InChI is InChI=1S/C16H26O2/c1-15(2,3)18-14-10-7-6-8(16(4,5)17)11(10)12-9(7)13(12)14/h7-14,17H,6H2,1-5H3/t7-,8?,9+,10+,11-,12+,13-,14+/m1/s1. The summed E-state index contributed by atoms with van der Waals surface area (Å²) in [6, 6.07) is 0. The number of hydrogen-bond acceptors (Lipinski definition) is 2. The number of hydrogen-bond donors (Lipinski definition) is 1. The van der Waals surface area contributed by atoms with Gasteiger partial charge in [0.15, 0.2) is 0 Å². The first-order valence-corrected chi connectivity index (χ1v) is 7.60. The maximum absolute atomic E-state index is 10.4. The Morgan fingerprint density at radius 3 is 2.06 bits per heavy atom. The third-order valence-electron chi connectivity index (χ3n) is 6.22. The van der Waals surface area contributed by atoms with Crippen LogP contribution in [0.5, 0.6) is 0 Å². The molecule has 1 unspecified atom stereocenters. The van der Waals surface area contributed by atoms with Crippen LogP contribution in [0.1, 0.15) is 41.0 Å². The lowest BCUT2D eigenvalue weighted by molar-refractivity contribution is -0.0828. The van der Waals surface area contributed by atoms with E-state index < -0.39 is 5.60 Å². The van der Waals surface area contributed by atoms with Gasteiger partial charge in [0.05, 0.1) is 17.3 Å². The Labute approximate surface area is 110 Å². The van der Waals surface area contributed by atoms with E-state index in [0.717, 1.165) is 35.5 Å². The van der Waals surface area contributed by atoms with Crippen LogP contribution >= 0.6 is 0 Å². The van der Waals surface area contributed by atoms with Crippen LogP contribution in [0.25, 0.3) is 0 Å². The first kappa shape index (κ1) is 11.7. The zero-order valence-corrected chi connectivity index (χ0v) is 12.2. The molecule has 5 aliphatic rings. The highest BCUT2D eigenvalue weighted by atomic mass is 16.5. The van der Waals surface area contributed by atoms with Crippen LogP contribution in [-0.4, -0.2) is 22.4 Å². The van der Waals surface area contributed by atoms with Crippen molar-refractivity contribution in [1.29, 1.82) is 0 Å². The average molecular weight is 250 g/mol. The van der Waals surface area contributed by atoms with Gasteiger partial charge in [-0.1, -0.05) is 0 Å². The van der Waals surface area contributed by atoms with Crippen molar-refractivity contribution in [2.75, 3.05) is 0 Å². The first-order chi connectivity index (χ1) is 8.20. The molecule has 5 aliphatic carbocycles. The predicted molar refractivity (Wildman–Crippen MR) is 70.0 cm³/mol. The summed E-state index contributed by atoms with van der Waals surface area (Å²) >= 11 is 0. The van der Waals surface area contributed by atoms with E-state index >= 15 is 0 Å². The molecule has 0 aliphatic heterocycles. The summed E-state index contributed by atoms with van der Waals surface area (Å²) in [7, 11) is 0. The van der Waals surface area contributed by atoms with Crippen LogP contribution in [-0.2, 0) is 4.74 Å². The highest BCUT2D eigenvalue weighted by Crippen LogP contribution is 2.83. The van der Waals surface area contributed by atoms with Crippen LogP contribution in [0.2, 0.25) is 0 Å². The third-order valence-corrected chi connectivity index (χ3v) is 6.22. The Balaban J connectivity index is 1.60. The van der Waals surface area contributed by atoms with Crippen LogP contribution in [0, 0.1) is 41.4 Å². The van der Waals surface area contributed by atoms with Crippen LogP contribution in [0.3, 0.4) is 0 Å². The van der Waals surface area contributed by atoms with Gasteiger partial charge < -0.3 is 9.84 Å². The molecule has 6 bridgehead atoms. The summed E-state index contributed by atoms with van der Waals surface area (Å²) in [5.41, 5.74) is -0.509. The van der Waals surface area contributed by atoms with Crippen LogP contribution < -0.4 is 0 Å². The van der Waals surface area contributed by atoms with E-state index in [1.807, 2.05) is 13.8 Å². The molecule has 102 valence electrons. The summed E-state index contributed by atoms with van der Waals surface area (Å²) in [6.45, 7) is 10.5. The summed E-state index contributed by atoms with van der Waals surface area (Å²) in [6.07, 6.45) is 1.75. The molecule has 2 heteroatoms. The molecule has 0 aromatic carbocycles. The molecule has 0 heterocycles. The van der Waals surface area contributed by atoms with Crippen molar-refractivity contribution >= 4 is 0 Å². The number of aliphatic hydroxyl groups is 1. The molecule has 5 rings (SSSR count). The second-order valence-corrected chi connectivity index (χ2v) is 8.74. The van der Waals surface area contributed by atoms with Gasteiger partial charge in [0.25, 0.3) is 0 Å². The maximum Gasteiger partial charge on any atom is 0.0649 e. The minimum Gasteiger partial charge on any atom is -0.390 e. The van der Waals surface area contributed by atoms with Crippen molar-refractivity contribution in [3.05, 3.63) is 0 Å². The zero-order valence-electron chi connectivity index (χ0n) is 12.2. The second kappa shape index (κ2) is 2.98. The van der Waals surface area contributed by atoms with Gasteiger partial charge in [0.1, 0.15) is 0 Å². The topological polar surface area (TPSA) is 29.5 Å². The van der Waals surface area contributed by atoms with Gasteiger partial charge in [-0.05, 0) is 82.5 Å². The molecule has 0 amide bonds. The molecule has 0 saturated heterocycles. The fourth-order valence-corrected chi connectivity index (χ4v) is 6.05. The van der Waals surface area contributed by atoms with Gasteiger partial charge >= 0.3 is 0 Å². The van der Waals surface area contributed by atoms with E-state index in [-0.39, 0.29) is 5.60 Å². The molecule has 0 radical (unpaired) electrons. The molecule has 5 fully saturated rings. The smallest absolute Gasteiger partial charge is 0.0649 e. The number of rotatable bonds is 2. The van der Waals surface area contributed by atoms with E-state index in [9.17, 15) is 5.11 Å². The minimum absolute atomic E-state index is 0.0149. The molecular formula is C16H26O2. The second-order valence-electron chi connectivity index (χ2n) is 8.74. The molecule has 1 N–H and O–H groups in total. The lowest BCUT2D eigenvalue weighted by Gasteiger charge is -2.33. The zero-order chi connectivity index (χ0) is 13.0. The first-order valence-electron chi connectivity index (χ1n) is 7.60. The van der Waals surface area contributed by atoms with E-state index in [0.29, 0.717) is 12.0 Å². The summed E-state index contributed by atoms with van der Waals surface area (Å²) in [5, 5.41) is 10.4. The Hall–Kier alpha value is -0.0800. The third kappa shape index (κ3) is 1.27. The van der Waals surface area contributed by atoms with E-state index in [4.69, 9.17) is 4.74 Å². The van der Waals surface area contributed by atoms with Crippen molar-refractivity contribution in [2.24, 2.45) is 41.4 Å². The van der Waals surface area contributed by atoms with Crippen molar-refractivity contribution in [2.45, 2.75) is 58.3 Å². The molecule has 5 saturated carbocycles. The number of ether oxygens (including phenoxy) is 1. The molecule has 0 spiro atoms. The Kier molecular flexibility index (Phi) is 1.94. The largest absolute Gasteiger partial charge is 0.390 e. The van der Waals surface area contributed by atoms with Gasteiger partial charge in [0, 0.05) is 0 Å².